The van der Waals surface area contributed by atoms with E-state index in [0.717, 1.165) is 47.3 Å². The predicted molar refractivity (Wildman–Crippen MR) is 132 cm³/mol. The lowest BCUT2D eigenvalue weighted by Gasteiger charge is -2.31. The van der Waals surface area contributed by atoms with Gasteiger partial charge in [0.15, 0.2) is 0 Å². The molecule has 2 N–H and O–H groups in total. The van der Waals surface area contributed by atoms with Gasteiger partial charge in [0.1, 0.15) is 0 Å². The molecular formula is C25H26ClN3O2S. The highest BCUT2D eigenvalue weighted by Crippen LogP contribution is 2.33. The van der Waals surface area contributed by atoms with Gasteiger partial charge in [-0.2, -0.15) is 0 Å². The van der Waals surface area contributed by atoms with Crippen molar-refractivity contribution in [3.63, 3.8) is 0 Å². The fourth-order valence-electron chi connectivity index (χ4n) is 3.96. The molecule has 0 radical (unpaired) electrons. The number of fused-ring (bicyclic) bond motifs is 1. The molecule has 1 aliphatic heterocycles. The smallest absolute Gasteiger partial charge is 0.238 e. The Labute approximate surface area is 197 Å². The molecule has 4 rings (SSSR count). The second-order valence-corrected chi connectivity index (χ2v) is 9.34. The first-order valence-electron chi connectivity index (χ1n) is 10.7. The SMILES string of the molecule is O=C(CN1CCC(NC(=O)CSc2cccc3cccc(Cl)c23)CC1)Nc1ccccc1. The number of piperidine rings is 1. The third-order valence-electron chi connectivity index (χ3n) is 5.55. The molecule has 1 saturated heterocycles. The molecule has 7 heteroatoms. The number of hydrogen-bond acceptors (Lipinski definition) is 4. The van der Waals surface area contributed by atoms with E-state index in [9.17, 15) is 9.59 Å². The molecule has 1 fully saturated rings. The fourth-order valence-corrected chi connectivity index (χ4v) is 5.21. The van der Waals surface area contributed by atoms with E-state index in [-0.39, 0.29) is 17.9 Å². The molecule has 0 bridgehead atoms. The lowest BCUT2D eigenvalue weighted by Crippen LogP contribution is -2.47. The van der Waals surface area contributed by atoms with Crippen molar-refractivity contribution in [2.45, 2.75) is 23.8 Å². The van der Waals surface area contributed by atoms with Gasteiger partial charge in [-0.1, -0.05) is 54.1 Å². The van der Waals surface area contributed by atoms with Gasteiger partial charge in [0, 0.05) is 40.1 Å². The molecule has 3 aromatic rings. The van der Waals surface area contributed by atoms with Crippen LogP contribution in [-0.2, 0) is 9.59 Å². The van der Waals surface area contributed by atoms with Crippen LogP contribution < -0.4 is 10.6 Å². The van der Waals surface area contributed by atoms with Crippen LogP contribution in [0, 0.1) is 0 Å². The second-order valence-electron chi connectivity index (χ2n) is 7.91. The highest BCUT2D eigenvalue weighted by molar-refractivity contribution is 8.00. The lowest BCUT2D eigenvalue weighted by molar-refractivity contribution is -0.120. The van der Waals surface area contributed by atoms with Gasteiger partial charge in [-0.15, -0.1) is 11.8 Å². The maximum atomic E-state index is 12.5. The number of anilines is 1. The Morgan fingerprint density at radius 1 is 0.938 bits per heavy atom. The number of carbonyl (C=O) groups excluding carboxylic acids is 2. The summed E-state index contributed by atoms with van der Waals surface area (Å²) >= 11 is 7.89. The third-order valence-corrected chi connectivity index (χ3v) is 6.92. The van der Waals surface area contributed by atoms with E-state index in [1.807, 2.05) is 66.7 Å². The molecule has 0 saturated carbocycles. The Hall–Kier alpha value is -2.54. The Balaban J connectivity index is 1.21. The van der Waals surface area contributed by atoms with Crippen LogP contribution in [-0.4, -0.2) is 48.1 Å². The molecule has 0 spiro atoms. The zero-order valence-corrected chi connectivity index (χ0v) is 19.3. The molecule has 0 atom stereocenters. The zero-order valence-electron chi connectivity index (χ0n) is 17.7. The van der Waals surface area contributed by atoms with Crippen molar-refractivity contribution in [3.8, 4) is 0 Å². The first-order chi connectivity index (χ1) is 15.6. The molecule has 5 nitrogen and oxygen atoms in total. The highest BCUT2D eigenvalue weighted by atomic mass is 35.5. The summed E-state index contributed by atoms with van der Waals surface area (Å²) in [5, 5.41) is 8.84. The van der Waals surface area contributed by atoms with Gasteiger partial charge in [0.05, 0.1) is 12.3 Å². The number of amides is 2. The van der Waals surface area contributed by atoms with Crippen molar-refractivity contribution >= 4 is 51.6 Å². The van der Waals surface area contributed by atoms with Gasteiger partial charge in [-0.3, -0.25) is 14.5 Å². The van der Waals surface area contributed by atoms with E-state index in [1.165, 1.54) is 11.8 Å². The van der Waals surface area contributed by atoms with Crippen molar-refractivity contribution < 1.29 is 9.59 Å². The quantitative estimate of drug-likeness (QED) is 0.490. The van der Waals surface area contributed by atoms with Crippen molar-refractivity contribution in [2.24, 2.45) is 0 Å². The average Bonchev–Trinajstić information content (AvgIpc) is 2.80. The summed E-state index contributed by atoms with van der Waals surface area (Å²) < 4.78 is 0. The molecule has 0 aliphatic carbocycles. The largest absolute Gasteiger partial charge is 0.353 e. The topological polar surface area (TPSA) is 61.4 Å². The number of hydrogen-bond donors (Lipinski definition) is 2. The van der Waals surface area contributed by atoms with Gasteiger partial charge in [-0.05, 0) is 42.5 Å². The van der Waals surface area contributed by atoms with E-state index in [4.69, 9.17) is 11.6 Å². The molecule has 0 aromatic heterocycles. The molecular weight excluding hydrogens is 442 g/mol. The van der Waals surface area contributed by atoms with Crippen LogP contribution in [0.1, 0.15) is 12.8 Å². The zero-order chi connectivity index (χ0) is 22.3. The van der Waals surface area contributed by atoms with Crippen molar-refractivity contribution in [1.29, 1.82) is 0 Å². The molecule has 2 amide bonds. The lowest BCUT2D eigenvalue weighted by atomic mass is 10.1. The van der Waals surface area contributed by atoms with Crippen molar-refractivity contribution in [1.82, 2.24) is 10.2 Å². The normalized spacial score (nSPS) is 14.9. The number of nitrogens with one attached hydrogen (secondary N) is 2. The van der Waals surface area contributed by atoms with Crippen molar-refractivity contribution in [2.75, 3.05) is 30.7 Å². The minimum absolute atomic E-state index is 0.0103. The predicted octanol–water partition coefficient (Wildman–Crippen LogP) is 4.80. The summed E-state index contributed by atoms with van der Waals surface area (Å²) in [6.45, 7) is 1.95. The number of nitrogens with zero attached hydrogens (tertiary/aromatic N) is 1. The second kappa shape index (κ2) is 10.9. The number of benzene rings is 3. The van der Waals surface area contributed by atoms with Crippen LogP contribution in [0.15, 0.2) is 71.6 Å². The van der Waals surface area contributed by atoms with Gasteiger partial charge in [-0.25, -0.2) is 0 Å². The molecule has 166 valence electrons. The number of halogens is 1. The van der Waals surface area contributed by atoms with E-state index in [1.54, 1.807) is 0 Å². The first kappa shape index (κ1) is 22.6. The number of thioether (sulfide) groups is 1. The van der Waals surface area contributed by atoms with Gasteiger partial charge in [0.2, 0.25) is 11.8 Å². The van der Waals surface area contributed by atoms with E-state index >= 15 is 0 Å². The summed E-state index contributed by atoms with van der Waals surface area (Å²) in [6, 6.07) is 21.5. The molecule has 0 unspecified atom stereocenters. The number of carbonyl (C=O) groups is 2. The highest BCUT2D eigenvalue weighted by Gasteiger charge is 2.22. The van der Waals surface area contributed by atoms with Gasteiger partial charge < -0.3 is 10.6 Å². The molecule has 1 heterocycles. The van der Waals surface area contributed by atoms with E-state index < -0.39 is 0 Å². The summed E-state index contributed by atoms with van der Waals surface area (Å²) in [4.78, 5) is 27.9. The van der Waals surface area contributed by atoms with Crippen LogP contribution in [0.4, 0.5) is 5.69 Å². The maximum Gasteiger partial charge on any atom is 0.238 e. The maximum absolute atomic E-state index is 12.5. The summed E-state index contributed by atoms with van der Waals surface area (Å²) in [6.07, 6.45) is 1.68. The minimum Gasteiger partial charge on any atom is -0.353 e. The van der Waals surface area contributed by atoms with Crippen LogP contribution >= 0.6 is 23.4 Å². The van der Waals surface area contributed by atoms with Gasteiger partial charge in [0.25, 0.3) is 0 Å². The first-order valence-corrected chi connectivity index (χ1v) is 12.1. The summed E-state index contributed by atoms with van der Waals surface area (Å²) in [5.41, 5.74) is 0.810. The third kappa shape index (κ3) is 6.03. The monoisotopic (exact) mass is 467 g/mol. The molecule has 1 aliphatic rings. The number of rotatable bonds is 7. The molecule has 3 aromatic carbocycles. The van der Waals surface area contributed by atoms with Crippen LogP contribution in [0.3, 0.4) is 0 Å². The van der Waals surface area contributed by atoms with Gasteiger partial charge >= 0.3 is 0 Å². The standard InChI is InChI=1S/C25H26ClN3O2S/c26-21-10-4-6-18-7-5-11-22(25(18)21)32-17-24(31)28-20-12-14-29(15-13-20)16-23(30)27-19-8-2-1-3-9-19/h1-11,20H,12-17H2,(H,27,30)(H,28,31). The number of para-hydroxylation sites is 1. The van der Waals surface area contributed by atoms with E-state index in [2.05, 4.69) is 15.5 Å². The number of likely N-dealkylation sites (tertiary alicyclic amines) is 1. The Morgan fingerprint density at radius 2 is 1.66 bits per heavy atom. The van der Waals surface area contributed by atoms with E-state index in [0.29, 0.717) is 17.3 Å². The minimum atomic E-state index is -0.0103. The Kier molecular flexibility index (Phi) is 7.68. The Bertz CT molecular complexity index is 1080. The van der Waals surface area contributed by atoms with Crippen LogP contribution in [0.5, 0.6) is 0 Å². The summed E-state index contributed by atoms with van der Waals surface area (Å²) in [7, 11) is 0. The van der Waals surface area contributed by atoms with Crippen LogP contribution in [0.2, 0.25) is 5.02 Å². The molecule has 32 heavy (non-hydrogen) atoms. The summed E-state index contributed by atoms with van der Waals surface area (Å²) in [5.74, 6) is 0.368. The Morgan fingerprint density at radius 3 is 2.41 bits per heavy atom. The fraction of sp³-hybridized carbons (Fsp3) is 0.280. The van der Waals surface area contributed by atoms with Crippen molar-refractivity contribution in [3.05, 3.63) is 71.8 Å². The average molecular weight is 468 g/mol. The van der Waals surface area contributed by atoms with Crippen LogP contribution in [0.25, 0.3) is 10.8 Å².